The lowest BCUT2D eigenvalue weighted by Gasteiger charge is -2.38. The summed E-state index contributed by atoms with van der Waals surface area (Å²) >= 11 is 0. The van der Waals surface area contributed by atoms with E-state index in [-0.39, 0.29) is 18.1 Å². The van der Waals surface area contributed by atoms with Gasteiger partial charge < -0.3 is 25.4 Å². The van der Waals surface area contributed by atoms with Gasteiger partial charge in [0.25, 0.3) is 5.91 Å². The molecule has 2 aromatic rings. The van der Waals surface area contributed by atoms with Crippen molar-refractivity contribution in [2.75, 3.05) is 32.1 Å². The third kappa shape index (κ3) is 4.79. The molecule has 1 unspecified atom stereocenters. The van der Waals surface area contributed by atoms with E-state index < -0.39 is 5.91 Å². The number of carbonyl (C=O) groups is 2. The number of benzene rings is 1. The van der Waals surface area contributed by atoms with Crippen molar-refractivity contribution in [3.8, 4) is 22.8 Å². The summed E-state index contributed by atoms with van der Waals surface area (Å²) in [6.45, 7) is 9.74. The minimum Gasteiger partial charge on any atom is -0.496 e. The molecule has 9 heteroatoms. The third-order valence-corrected chi connectivity index (χ3v) is 7.72. The minimum absolute atomic E-state index is 0.00634. The van der Waals surface area contributed by atoms with Gasteiger partial charge in [-0.1, -0.05) is 6.58 Å². The van der Waals surface area contributed by atoms with Crippen molar-refractivity contribution in [3.63, 3.8) is 0 Å². The van der Waals surface area contributed by atoms with Gasteiger partial charge in [0.1, 0.15) is 28.6 Å². The summed E-state index contributed by atoms with van der Waals surface area (Å²) in [6.07, 6.45) is 6.23. The predicted molar refractivity (Wildman–Crippen MR) is 142 cm³/mol. The highest BCUT2D eigenvalue weighted by Gasteiger charge is 2.37. The van der Waals surface area contributed by atoms with Gasteiger partial charge in [0.15, 0.2) is 0 Å². The van der Waals surface area contributed by atoms with E-state index in [0.717, 1.165) is 61.3 Å². The normalized spacial score (nSPS) is 19.8. The molecule has 0 spiro atoms. The molecule has 0 radical (unpaired) electrons. The summed E-state index contributed by atoms with van der Waals surface area (Å²) in [6, 6.07) is 4.05. The van der Waals surface area contributed by atoms with Crippen molar-refractivity contribution >= 4 is 17.6 Å². The van der Waals surface area contributed by atoms with Gasteiger partial charge in [-0.2, -0.15) is 5.10 Å². The number of ether oxygens (including phenoxy) is 2. The van der Waals surface area contributed by atoms with Gasteiger partial charge in [-0.05, 0) is 76.0 Å². The number of hydrogen-bond donors (Lipinski definition) is 2. The van der Waals surface area contributed by atoms with Crippen LogP contribution < -0.4 is 20.5 Å². The van der Waals surface area contributed by atoms with E-state index >= 15 is 0 Å². The Morgan fingerprint density at radius 3 is 2.46 bits per heavy atom. The third-order valence-electron chi connectivity index (χ3n) is 7.72. The lowest BCUT2D eigenvalue weighted by atomic mass is 9.87. The Kier molecular flexibility index (Phi) is 6.88. The molecule has 1 aromatic heterocycles. The number of likely N-dealkylation sites (tertiary alicyclic amines) is 1. The van der Waals surface area contributed by atoms with Gasteiger partial charge in [0.05, 0.1) is 19.3 Å². The SMILES string of the molecule is C=CC(=O)N1CCC(C2CCNc3c(C(N)=O)c(-c4cc(OC)c(C5CC5)c(OC(C)C)c4)nn32)CC1. The van der Waals surface area contributed by atoms with E-state index in [1.807, 2.05) is 35.6 Å². The second-order valence-electron chi connectivity index (χ2n) is 10.6. The standard InChI is InChI=1S/C28H37N5O4/c1-5-23(34)32-12-9-17(10-13-32)20-8-11-30-28-25(27(29)35)26(31-33(20)28)19-14-21(36-4)24(18-6-7-18)22(15-19)37-16(2)3/h5,14-18,20,30H,1,6-13H2,2-4H3,(H2,29,35). The number of nitrogens with zero attached hydrogens (tertiary/aromatic N) is 3. The lowest BCUT2D eigenvalue weighted by Crippen LogP contribution is -2.41. The van der Waals surface area contributed by atoms with Crippen LogP contribution in [0.3, 0.4) is 0 Å². The number of piperidine rings is 1. The fraction of sp³-hybridized carbons (Fsp3) is 0.536. The molecule has 2 amide bonds. The van der Waals surface area contributed by atoms with Gasteiger partial charge in [-0.25, -0.2) is 4.68 Å². The first-order valence-corrected chi connectivity index (χ1v) is 13.3. The Balaban J connectivity index is 1.54. The highest BCUT2D eigenvalue weighted by atomic mass is 16.5. The number of nitrogens with two attached hydrogens (primary N) is 1. The first-order valence-electron chi connectivity index (χ1n) is 13.3. The average Bonchev–Trinajstić information content (AvgIpc) is 3.65. The quantitative estimate of drug-likeness (QED) is 0.520. The van der Waals surface area contributed by atoms with Gasteiger partial charge in [-0.3, -0.25) is 9.59 Å². The van der Waals surface area contributed by atoms with Crippen LogP contribution in [0.1, 0.15) is 73.8 Å². The Morgan fingerprint density at radius 2 is 1.86 bits per heavy atom. The zero-order valence-corrected chi connectivity index (χ0v) is 22.0. The van der Waals surface area contributed by atoms with Gasteiger partial charge in [0.2, 0.25) is 5.91 Å². The first-order chi connectivity index (χ1) is 17.8. The number of rotatable bonds is 8. The summed E-state index contributed by atoms with van der Waals surface area (Å²) < 4.78 is 14.0. The maximum atomic E-state index is 12.8. The van der Waals surface area contributed by atoms with E-state index in [4.69, 9.17) is 20.3 Å². The van der Waals surface area contributed by atoms with Gasteiger partial charge >= 0.3 is 0 Å². The number of fused-ring (bicyclic) bond motifs is 1. The van der Waals surface area contributed by atoms with Gasteiger partial charge in [-0.15, -0.1) is 0 Å². The summed E-state index contributed by atoms with van der Waals surface area (Å²) in [5.41, 5.74) is 8.70. The second-order valence-corrected chi connectivity index (χ2v) is 10.6. The predicted octanol–water partition coefficient (Wildman–Crippen LogP) is 4.10. The topological polar surface area (TPSA) is 112 Å². The Bertz CT molecular complexity index is 1210. The number of methoxy groups -OCH3 is 1. The molecular weight excluding hydrogens is 470 g/mol. The molecule has 3 heterocycles. The molecule has 0 bridgehead atoms. The van der Waals surface area contributed by atoms with Crippen molar-refractivity contribution in [3.05, 3.63) is 35.9 Å². The van der Waals surface area contributed by atoms with Crippen molar-refractivity contribution in [1.29, 1.82) is 0 Å². The number of anilines is 1. The molecule has 2 aliphatic heterocycles. The maximum Gasteiger partial charge on any atom is 0.254 e. The molecule has 1 atom stereocenters. The lowest BCUT2D eigenvalue weighted by molar-refractivity contribution is -0.127. The summed E-state index contributed by atoms with van der Waals surface area (Å²) in [7, 11) is 1.67. The molecule has 1 saturated heterocycles. The molecular formula is C28H37N5O4. The smallest absolute Gasteiger partial charge is 0.254 e. The molecule has 3 N–H and O–H groups in total. The van der Waals surface area contributed by atoms with Gasteiger partial charge in [0, 0.05) is 30.8 Å². The number of amides is 2. The van der Waals surface area contributed by atoms with Crippen LogP contribution >= 0.6 is 0 Å². The van der Waals surface area contributed by atoms with Crippen molar-refractivity contribution < 1.29 is 19.1 Å². The Labute approximate surface area is 218 Å². The molecule has 1 aliphatic carbocycles. The van der Waals surface area contributed by atoms with Crippen LogP contribution in [0.5, 0.6) is 11.5 Å². The van der Waals surface area contributed by atoms with Crippen LogP contribution in [0.2, 0.25) is 0 Å². The van der Waals surface area contributed by atoms with E-state index in [9.17, 15) is 9.59 Å². The fourth-order valence-electron chi connectivity index (χ4n) is 5.84. The highest BCUT2D eigenvalue weighted by molar-refractivity contribution is 6.04. The van der Waals surface area contributed by atoms with E-state index in [0.29, 0.717) is 42.0 Å². The van der Waals surface area contributed by atoms with Crippen LogP contribution in [0.15, 0.2) is 24.8 Å². The zero-order chi connectivity index (χ0) is 26.3. The highest BCUT2D eigenvalue weighted by Crippen LogP contribution is 2.51. The fourth-order valence-corrected chi connectivity index (χ4v) is 5.84. The number of carbonyl (C=O) groups excluding carboxylic acids is 2. The largest absolute Gasteiger partial charge is 0.496 e. The van der Waals surface area contributed by atoms with Crippen LogP contribution in [0, 0.1) is 5.92 Å². The van der Waals surface area contributed by atoms with Crippen molar-refractivity contribution in [1.82, 2.24) is 14.7 Å². The van der Waals surface area contributed by atoms with Crippen molar-refractivity contribution in [2.24, 2.45) is 11.7 Å². The minimum atomic E-state index is -0.521. The average molecular weight is 508 g/mol. The van der Waals surface area contributed by atoms with Crippen LogP contribution in [-0.2, 0) is 4.79 Å². The summed E-state index contributed by atoms with van der Waals surface area (Å²) in [5, 5.41) is 8.38. The first kappa shape index (κ1) is 25.2. The number of aromatic nitrogens is 2. The Morgan fingerprint density at radius 1 is 1.16 bits per heavy atom. The zero-order valence-electron chi connectivity index (χ0n) is 22.0. The van der Waals surface area contributed by atoms with Crippen LogP contribution in [0.4, 0.5) is 5.82 Å². The second kappa shape index (κ2) is 10.1. The van der Waals surface area contributed by atoms with Crippen LogP contribution in [-0.4, -0.2) is 59.3 Å². The van der Waals surface area contributed by atoms with E-state index in [2.05, 4.69) is 11.9 Å². The molecule has 37 heavy (non-hydrogen) atoms. The number of primary amides is 1. The molecule has 2 fully saturated rings. The molecule has 1 saturated carbocycles. The van der Waals surface area contributed by atoms with Crippen LogP contribution in [0.25, 0.3) is 11.3 Å². The molecule has 3 aliphatic rings. The molecule has 1 aromatic carbocycles. The van der Waals surface area contributed by atoms with E-state index in [1.54, 1.807) is 7.11 Å². The molecule has 198 valence electrons. The van der Waals surface area contributed by atoms with E-state index in [1.165, 1.54) is 6.08 Å². The molecule has 9 nitrogen and oxygen atoms in total. The monoisotopic (exact) mass is 507 g/mol. The van der Waals surface area contributed by atoms with Crippen molar-refractivity contribution in [2.45, 2.75) is 64.0 Å². The number of nitrogens with one attached hydrogen (secondary N) is 1. The molecule has 5 rings (SSSR count). The Hall–Kier alpha value is -3.49. The summed E-state index contributed by atoms with van der Waals surface area (Å²) in [5.74, 6) is 2.42. The maximum absolute atomic E-state index is 12.8. The number of hydrogen-bond acceptors (Lipinski definition) is 6. The summed E-state index contributed by atoms with van der Waals surface area (Å²) in [4.78, 5) is 26.7.